The molecule has 0 saturated heterocycles. The number of hydrogen-bond donors (Lipinski definition) is 1. The zero-order valence-corrected chi connectivity index (χ0v) is 11.2. The summed E-state index contributed by atoms with van der Waals surface area (Å²) in [5, 5.41) is 4.67. The first-order valence-corrected chi connectivity index (χ1v) is 7.53. The maximum absolute atomic E-state index is 5.94. The Morgan fingerprint density at radius 3 is 2.28 bits per heavy atom. The van der Waals surface area contributed by atoms with Crippen molar-refractivity contribution in [3.05, 3.63) is 11.8 Å². The van der Waals surface area contributed by atoms with Gasteiger partial charge in [0.15, 0.2) is 0 Å². The lowest BCUT2D eigenvalue weighted by atomic mass is 9.53. The van der Waals surface area contributed by atoms with Gasteiger partial charge in [-0.3, -0.25) is 4.68 Å². The second-order valence-corrected chi connectivity index (χ2v) is 6.97. The number of nitrogens with two attached hydrogens (primary N) is 1. The number of nitrogen functional groups attached to an aromatic ring is 1. The summed E-state index contributed by atoms with van der Waals surface area (Å²) in [5.74, 6) is 3.60. The van der Waals surface area contributed by atoms with Gasteiger partial charge in [0.1, 0.15) is 5.82 Å². The maximum atomic E-state index is 5.94. The van der Waals surface area contributed by atoms with E-state index in [4.69, 9.17) is 5.73 Å². The van der Waals surface area contributed by atoms with Crippen LogP contribution in [0.1, 0.15) is 51.1 Å². The van der Waals surface area contributed by atoms with Crippen LogP contribution in [0.15, 0.2) is 6.07 Å². The summed E-state index contributed by atoms with van der Waals surface area (Å²) in [5.41, 5.74) is 7.61. The third kappa shape index (κ3) is 1.39. The van der Waals surface area contributed by atoms with E-state index >= 15 is 0 Å². The summed E-state index contributed by atoms with van der Waals surface area (Å²) in [6, 6.07) is 2.08. The zero-order valence-electron chi connectivity index (χ0n) is 11.2. The van der Waals surface area contributed by atoms with E-state index in [1.807, 2.05) is 0 Å². The summed E-state index contributed by atoms with van der Waals surface area (Å²) in [6.07, 6.45) is 9.56. The molecular formula is C15H23N3. The maximum Gasteiger partial charge on any atom is 0.145 e. The molecule has 0 aromatic carbocycles. The fraction of sp³-hybridized carbons (Fsp3) is 0.800. The predicted octanol–water partition coefficient (Wildman–Crippen LogP) is 2.95. The zero-order chi connectivity index (χ0) is 12.3. The van der Waals surface area contributed by atoms with Crippen molar-refractivity contribution >= 4 is 5.82 Å². The topological polar surface area (TPSA) is 43.8 Å². The molecule has 98 valence electrons. The first kappa shape index (κ1) is 10.9. The molecule has 1 heterocycles. The fourth-order valence-corrected chi connectivity index (χ4v) is 5.43. The average Bonchev–Trinajstić information content (AvgIpc) is 2.69. The Kier molecular flexibility index (Phi) is 2.13. The molecule has 0 unspecified atom stereocenters. The van der Waals surface area contributed by atoms with E-state index in [1.165, 1.54) is 44.2 Å². The molecule has 3 nitrogen and oxygen atoms in total. The molecule has 1 aromatic heterocycles. The fourth-order valence-electron chi connectivity index (χ4n) is 5.43. The van der Waals surface area contributed by atoms with Crippen LogP contribution in [0.4, 0.5) is 5.82 Å². The Bertz CT molecular complexity index is 439. The molecule has 3 heteroatoms. The van der Waals surface area contributed by atoms with Gasteiger partial charge in [0.05, 0.1) is 5.54 Å². The van der Waals surface area contributed by atoms with E-state index in [0.29, 0.717) is 11.4 Å². The molecular weight excluding hydrogens is 222 g/mol. The lowest BCUT2D eigenvalue weighted by molar-refractivity contribution is -0.0505. The van der Waals surface area contributed by atoms with Crippen molar-refractivity contribution in [3.63, 3.8) is 0 Å². The normalized spacial score (nSPS) is 41.5. The monoisotopic (exact) mass is 245 g/mol. The minimum Gasteiger partial charge on any atom is -0.382 e. The molecule has 4 aliphatic rings. The molecule has 5 rings (SSSR count). The van der Waals surface area contributed by atoms with Crippen LogP contribution in [-0.4, -0.2) is 9.78 Å². The van der Waals surface area contributed by atoms with E-state index in [1.54, 1.807) is 0 Å². The number of aryl methyl sites for hydroxylation is 1. The van der Waals surface area contributed by atoms with Gasteiger partial charge in [0.25, 0.3) is 0 Å². The second kappa shape index (κ2) is 3.52. The molecule has 0 radical (unpaired) electrons. The number of nitrogens with zero attached hydrogens (tertiary/aromatic N) is 2. The molecule has 0 atom stereocenters. The highest BCUT2D eigenvalue weighted by Gasteiger charge is 2.52. The van der Waals surface area contributed by atoms with Crippen LogP contribution in [0, 0.1) is 17.8 Å². The van der Waals surface area contributed by atoms with Crippen molar-refractivity contribution < 1.29 is 0 Å². The Labute approximate surface area is 109 Å². The van der Waals surface area contributed by atoms with Crippen molar-refractivity contribution in [2.45, 2.75) is 57.4 Å². The van der Waals surface area contributed by atoms with E-state index in [0.717, 1.165) is 24.2 Å². The summed E-state index contributed by atoms with van der Waals surface area (Å²) < 4.78 is 2.34. The predicted molar refractivity (Wildman–Crippen MR) is 72.2 cm³/mol. The van der Waals surface area contributed by atoms with E-state index in [2.05, 4.69) is 22.8 Å². The Morgan fingerprint density at radius 2 is 1.78 bits per heavy atom. The van der Waals surface area contributed by atoms with Crippen molar-refractivity contribution in [1.29, 1.82) is 0 Å². The average molecular weight is 245 g/mol. The first-order valence-electron chi connectivity index (χ1n) is 7.53. The largest absolute Gasteiger partial charge is 0.382 e. The Balaban J connectivity index is 1.78. The third-order valence-electron chi connectivity index (χ3n) is 5.62. The molecule has 0 spiro atoms. The SMILES string of the molecule is CCc1cc(N)nn1C12CC3CC(CC(C3)C1)C2. The quantitative estimate of drug-likeness (QED) is 0.870. The van der Waals surface area contributed by atoms with E-state index < -0.39 is 0 Å². The van der Waals surface area contributed by atoms with Crippen LogP contribution in [0.5, 0.6) is 0 Å². The molecule has 0 amide bonds. The van der Waals surface area contributed by atoms with Crippen LogP contribution in [0.25, 0.3) is 0 Å². The molecule has 4 saturated carbocycles. The number of rotatable bonds is 2. The van der Waals surface area contributed by atoms with Gasteiger partial charge in [-0.1, -0.05) is 6.92 Å². The third-order valence-corrected chi connectivity index (χ3v) is 5.62. The Morgan fingerprint density at radius 1 is 1.22 bits per heavy atom. The minimum atomic E-state index is 0.331. The lowest BCUT2D eigenvalue weighted by Crippen LogP contribution is -2.52. The van der Waals surface area contributed by atoms with Gasteiger partial charge >= 0.3 is 0 Å². The van der Waals surface area contributed by atoms with Crippen molar-refractivity contribution in [3.8, 4) is 0 Å². The number of anilines is 1. The van der Waals surface area contributed by atoms with Gasteiger partial charge in [0.2, 0.25) is 0 Å². The van der Waals surface area contributed by atoms with Gasteiger partial charge < -0.3 is 5.73 Å². The van der Waals surface area contributed by atoms with Gasteiger partial charge in [-0.15, -0.1) is 0 Å². The van der Waals surface area contributed by atoms with Crippen molar-refractivity contribution in [2.75, 3.05) is 5.73 Å². The van der Waals surface area contributed by atoms with Crippen LogP contribution >= 0.6 is 0 Å². The standard InChI is InChI=1S/C15H23N3/c1-2-13-6-14(16)17-18(13)15-7-10-3-11(8-15)5-12(4-10)9-15/h6,10-12H,2-5,7-9H2,1H3,(H2,16,17). The lowest BCUT2D eigenvalue weighted by Gasteiger charge is -2.57. The highest BCUT2D eigenvalue weighted by Crippen LogP contribution is 2.58. The summed E-state index contributed by atoms with van der Waals surface area (Å²) in [6.45, 7) is 2.22. The molecule has 1 aromatic rings. The smallest absolute Gasteiger partial charge is 0.145 e. The highest BCUT2D eigenvalue weighted by atomic mass is 15.4. The Hall–Kier alpha value is -0.990. The molecule has 4 fully saturated rings. The van der Waals surface area contributed by atoms with Crippen LogP contribution in [-0.2, 0) is 12.0 Å². The van der Waals surface area contributed by atoms with Gasteiger partial charge in [0, 0.05) is 11.8 Å². The molecule has 4 bridgehead atoms. The van der Waals surface area contributed by atoms with Gasteiger partial charge in [-0.25, -0.2) is 0 Å². The summed E-state index contributed by atoms with van der Waals surface area (Å²) in [4.78, 5) is 0. The van der Waals surface area contributed by atoms with E-state index in [9.17, 15) is 0 Å². The number of aromatic nitrogens is 2. The van der Waals surface area contributed by atoms with E-state index in [-0.39, 0.29) is 0 Å². The van der Waals surface area contributed by atoms with Crippen LogP contribution in [0.3, 0.4) is 0 Å². The molecule has 0 aliphatic heterocycles. The van der Waals surface area contributed by atoms with Crippen LogP contribution < -0.4 is 5.73 Å². The molecule has 4 aliphatic carbocycles. The molecule has 2 N–H and O–H groups in total. The van der Waals surface area contributed by atoms with Gasteiger partial charge in [-0.2, -0.15) is 5.10 Å². The van der Waals surface area contributed by atoms with Crippen molar-refractivity contribution in [1.82, 2.24) is 9.78 Å². The minimum absolute atomic E-state index is 0.331. The summed E-state index contributed by atoms with van der Waals surface area (Å²) in [7, 11) is 0. The molecule has 18 heavy (non-hydrogen) atoms. The highest BCUT2D eigenvalue weighted by molar-refractivity contribution is 5.31. The van der Waals surface area contributed by atoms with Crippen molar-refractivity contribution in [2.24, 2.45) is 17.8 Å². The second-order valence-electron chi connectivity index (χ2n) is 6.97. The number of hydrogen-bond acceptors (Lipinski definition) is 2. The van der Waals surface area contributed by atoms with Gasteiger partial charge in [-0.05, 0) is 62.7 Å². The first-order chi connectivity index (χ1) is 8.68. The van der Waals surface area contributed by atoms with Crippen LogP contribution in [0.2, 0.25) is 0 Å². The summed E-state index contributed by atoms with van der Waals surface area (Å²) >= 11 is 0.